The zero-order valence-electron chi connectivity index (χ0n) is 19.2. The van der Waals surface area contributed by atoms with E-state index in [4.69, 9.17) is 0 Å². The van der Waals surface area contributed by atoms with Crippen molar-refractivity contribution in [3.05, 3.63) is 81.8 Å². The van der Waals surface area contributed by atoms with E-state index in [1.807, 2.05) is 12.4 Å². The summed E-state index contributed by atoms with van der Waals surface area (Å²) >= 11 is 3.79. The Morgan fingerprint density at radius 1 is 0.774 bits per heavy atom. The molecule has 1 heterocycles. The van der Waals surface area contributed by atoms with Crippen molar-refractivity contribution in [1.82, 2.24) is 9.97 Å². The lowest BCUT2D eigenvalue weighted by Gasteiger charge is -2.15. The first kappa shape index (κ1) is 23.7. The molecule has 2 nitrogen and oxygen atoms in total. The molecule has 164 valence electrons. The van der Waals surface area contributed by atoms with Crippen LogP contribution >= 0.6 is 15.9 Å². The normalized spacial score (nSPS) is 12.1. The van der Waals surface area contributed by atoms with Gasteiger partial charge in [-0.1, -0.05) is 98.8 Å². The lowest BCUT2D eigenvalue weighted by Crippen LogP contribution is -1.98. The van der Waals surface area contributed by atoms with Gasteiger partial charge < -0.3 is 0 Å². The molecular weight excluding hydrogens is 444 g/mol. The van der Waals surface area contributed by atoms with Gasteiger partial charge in [0.15, 0.2) is 0 Å². The summed E-state index contributed by atoms with van der Waals surface area (Å²) in [6.45, 7) is 6.75. The van der Waals surface area contributed by atoms with E-state index < -0.39 is 0 Å². The van der Waals surface area contributed by atoms with Gasteiger partial charge in [-0.05, 0) is 47.6 Å². The summed E-state index contributed by atoms with van der Waals surface area (Å²) in [5.74, 6) is 1.30. The van der Waals surface area contributed by atoms with Gasteiger partial charge in [-0.3, -0.25) is 0 Å². The molecule has 0 saturated heterocycles. The highest BCUT2D eigenvalue weighted by atomic mass is 79.9. The van der Waals surface area contributed by atoms with Crippen molar-refractivity contribution in [2.75, 3.05) is 0 Å². The van der Waals surface area contributed by atoms with E-state index in [-0.39, 0.29) is 0 Å². The van der Waals surface area contributed by atoms with Crippen LogP contribution in [0, 0.1) is 0 Å². The SMILES string of the molecule is CCCCCc1ccc(C(C)c2ccc(-c3cnc(CCCCC)nc3)c(Br)c2)cc1. The first-order chi connectivity index (χ1) is 15.1. The van der Waals surface area contributed by atoms with Gasteiger partial charge in [-0.15, -0.1) is 0 Å². The van der Waals surface area contributed by atoms with Crippen LogP contribution in [0.3, 0.4) is 0 Å². The topological polar surface area (TPSA) is 25.8 Å². The summed E-state index contributed by atoms with van der Waals surface area (Å²) in [5, 5.41) is 0. The third kappa shape index (κ3) is 6.74. The van der Waals surface area contributed by atoms with Crippen molar-refractivity contribution >= 4 is 15.9 Å². The molecule has 0 spiro atoms. The summed E-state index contributed by atoms with van der Waals surface area (Å²) < 4.78 is 1.09. The Labute approximate surface area is 196 Å². The van der Waals surface area contributed by atoms with Gasteiger partial charge in [0.05, 0.1) is 0 Å². The van der Waals surface area contributed by atoms with Gasteiger partial charge in [-0.2, -0.15) is 0 Å². The maximum absolute atomic E-state index is 4.58. The van der Waals surface area contributed by atoms with E-state index in [9.17, 15) is 0 Å². The fourth-order valence-electron chi connectivity index (χ4n) is 3.94. The standard InChI is InChI=1S/C28H35BrN2/c1-4-6-8-10-22-12-14-23(15-13-22)21(3)24-16-17-26(27(29)18-24)25-19-30-28(31-20-25)11-9-7-5-2/h12-21H,4-11H2,1-3H3. The average Bonchev–Trinajstić information content (AvgIpc) is 2.80. The molecule has 2 aromatic carbocycles. The van der Waals surface area contributed by atoms with Gasteiger partial charge in [0.2, 0.25) is 0 Å². The fourth-order valence-corrected chi connectivity index (χ4v) is 4.56. The number of aromatic nitrogens is 2. The van der Waals surface area contributed by atoms with Crippen LogP contribution in [0.1, 0.15) is 87.7 Å². The summed E-state index contributed by atoms with van der Waals surface area (Å²) in [4.78, 5) is 9.15. The quantitative estimate of drug-likeness (QED) is 0.258. The monoisotopic (exact) mass is 478 g/mol. The lowest BCUT2D eigenvalue weighted by molar-refractivity contribution is 0.693. The van der Waals surface area contributed by atoms with Gasteiger partial charge in [-0.25, -0.2) is 9.97 Å². The Hall–Kier alpha value is -2.00. The van der Waals surface area contributed by atoms with Gasteiger partial charge in [0.25, 0.3) is 0 Å². The van der Waals surface area contributed by atoms with E-state index in [0.717, 1.165) is 34.3 Å². The van der Waals surface area contributed by atoms with Crippen LogP contribution in [0.5, 0.6) is 0 Å². The fraction of sp³-hybridized carbons (Fsp3) is 0.429. The largest absolute Gasteiger partial charge is 0.241 e. The number of hydrogen-bond acceptors (Lipinski definition) is 2. The first-order valence-electron chi connectivity index (χ1n) is 11.8. The Bertz CT molecular complexity index is 932. The van der Waals surface area contributed by atoms with Crippen LogP contribution in [0.15, 0.2) is 59.3 Å². The molecule has 0 aliphatic rings. The number of nitrogens with zero attached hydrogens (tertiary/aromatic N) is 2. The van der Waals surface area contributed by atoms with Crippen LogP contribution in [-0.2, 0) is 12.8 Å². The van der Waals surface area contributed by atoms with Crippen molar-refractivity contribution in [2.24, 2.45) is 0 Å². The zero-order valence-corrected chi connectivity index (χ0v) is 20.8. The molecule has 0 radical (unpaired) electrons. The zero-order chi connectivity index (χ0) is 22.1. The molecule has 1 atom stereocenters. The number of halogens is 1. The summed E-state index contributed by atoms with van der Waals surface area (Å²) in [5.41, 5.74) is 6.31. The van der Waals surface area contributed by atoms with Gasteiger partial charge >= 0.3 is 0 Å². The highest BCUT2D eigenvalue weighted by Crippen LogP contribution is 2.33. The molecule has 0 aliphatic heterocycles. The van der Waals surface area contributed by atoms with E-state index in [1.165, 1.54) is 55.2 Å². The van der Waals surface area contributed by atoms with Crippen molar-refractivity contribution in [3.8, 4) is 11.1 Å². The van der Waals surface area contributed by atoms with Crippen LogP contribution in [0.2, 0.25) is 0 Å². The third-order valence-corrected chi connectivity index (χ3v) is 6.72. The molecule has 3 rings (SSSR count). The molecule has 3 heteroatoms. The number of unbranched alkanes of at least 4 members (excludes halogenated alkanes) is 4. The molecule has 0 N–H and O–H groups in total. The molecule has 3 aromatic rings. The predicted octanol–water partition coefficient (Wildman–Crippen LogP) is 8.52. The molecular formula is C28H35BrN2. The highest BCUT2D eigenvalue weighted by molar-refractivity contribution is 9.10. The Morgan fingerprint density at radius 3 is 2.00 bits per heavy atom. The van der Waals surface area contributed by atoms with Crippen LogP contribution in [-0.4, -0.2) is 9.97 Å². The average molecular weight is 480 g/mol. The van der Waals surface area contributed by atoms with E-state index in [1.54, 1.807) is 0 Å². The maximum Gasteiger partial charge on any atom is 0.128 e. The number of hydrogen-bond donors (Lipinski definition) is 0. The summed E-state index contributed by atoms with van der Waals surface area (Å²) in [7, 11) is 0. The predicted molar refractivity (Wildman–Crippen MR) is 136 cm³/mol. The Balaban J connectivity index is 1.68. The van der Waals surface area contributed by atoms with Crippen molar-refractivity contribution in [2.45, 2.75) is 78.1 Å². The van der Waals surface area contributed by atoms with Crippen LogP contribution in [0.4, 0.5) is 0 Å². The van der Waals surface area contributed by atoms with E-state index >= 15 is 0 Å². The molecule has 0 saturated carbocycles. The molecule has 1 aromatic heterocycles. The minimum absolute atomic E-state index is 0.354. The molecule has 31 heavy (non-hydrogen) atoms. The molecule has 0 fully saturated rings. The molecule has 0 amide bonds. The van der Waals surface area contributed by atoms with Gasteiger partial charge in [0, 0.05) is 34.8 Å². The third-order valence-electron chi connectivity index (χ3n) is 6.06. The molecule has 0 aliphatic carbocycles. The second-order valence-corrected chi connectivity index (χ2v) is 9.36. The van der Waals surface area contributed by atoms with E-state index in [2.05, 4.69) is 89.1 Å². The minimum Gasteiger partial charge on any atom is -0.241 e. The maximum atomic E-state index is 4.58. The van der Waals surface area contributed by atoms with Crippen LogP contribution in [0.25, 0.3) is 11.1 Å². The van der Waals surface area contributed by atoms with E-state index in [0.29, 0.717) is 5.92 Å². The van der Waals surface area contributed by atoms with Crippen molar-refractivity contribution < 1.29 is 0 Å². The van der Waals surface area contributed by atoms with Crippen LogP contribution < -0.4 is 0 Å². The lowest BCUT2D eigenvalue weighted by atomic mass is 9.91. The highest BCUT2D eigenvalue weighted by Gasteiger charge is 2.12. The molecule has 0 bridgehead atoms. The summed E-state index contributed by atoms with van der Waals surface area (Å²) in [6, 6.07) is 15.8. The number of aryl methyl sites for hydroxylation is 2. The first-order valence-corrected chi connectivity index (χ1v) is 12.6. The van der Waals surface area contributed by atoms with Crippen molar-refractivity contribution in [3.63, 3.8) is 0 Å². The minimum atomic E-state index is 0.354. The second-order valence-electron chi connectivity index (χ2n) is 8.50. The Morgan fingerprint density at radius 2 is 1.39 bits per heavy atom. The van der Waals surface area contributed by atoms with Gasteiger partial charge in [0.1, 0.15) is 5.82 Å². The van der Waals surface area contributed by atoms with Crippen molar-refractivity contribution in [1.29, 1.82) is 0 Å². The smallest absolute Gasteiger partial charge is 0.128 e. The summed E-state index contributed by atoms with van der Waals surface area (Å²) in [6.07, 6.45) is 13.5. The second kappa shape index (κ2) is 12.1. The number of rotatable bonds is 11. The molecule has 1 unspecified atom stereocenters. The Kier molecular flexibility index (Phi) is 9.27. The number of benzene rings is 2.